The highest BCUT2D eigenvalue weighted by atomic mass is 32.1. The van der Waals surface area contributed by atoms with Gasteiger partial charge in [-0.25, -0.2) is 0 Å². The van der Waals surface area contributed by atoms with Crippen molar-refractivity contribution in [1.82, 2.24) is 19.5 Å². The van der Waals surface area contributed by atoms with E-state index in [1.54, 1.807) is 19.1 Å². The van der Waals surface area contributed by atoms with Gasteiger partial charge in [0, 0.05) is 32.2 Å². The van der Waals surface area contributed by atoms with E-state index in [4.69, 9.17) is 20.6 Å². The van der Waals surface area contributed by atoms with E-state index >= 15 is 0 Å². The number of hydrogen-bond acceptors (Lipinski definition) is 9. The van der Waals surface area contributed by atoms with Crippen LogP contribution in [-0.2, 0) is 9.53 Å². The maximum Gasteiger partial charge on any atom is 0.270 e. The van der Waals surface area contributed by atoms with Crippen molar-refractivity contribution in [3.8, 4) is 0 Å². The van der Waals surface area contributed by atoms with Gasteiger partial charge in [0.15, 0.2) is 11.7 Å². The third kappa shape index (κ3) is 6.68. The third-order valence-corrected chi connectivity index (χ3v) is 7.79. The van der Waals surface area contributed by atoms with Crippen LogP contribution in [0, 0.1) is 6.92 Å². The Bertz CT molecular complexity index is 1090. The molecule has 11 nitrogen and oxygen atoms in total. The average Bonchev–Trinajstić information content (AvgIpc) is 3.49. The van der Waals surface area contributed by atoms with E-state index in [-0.39, 0.29) is 34.8 Å². The second-order valence-electron chi connectivity index (χ2n) is 9.64. The summed E-state index contributed by atoms with van der Waals surface area (Å²) in [5.41, 5.74) is 11.3. The van der Waals surface area contributed by atoms with Gasteiger partial charge in [-0.3, -0.25) is 19.3 Å². The molecule has 2 fully saturated rings. The highest BCUT2D eigenvalue weighted by Crippen LogP contribution is 2.30. The molecule has 2 aromatic heterocycles. The largest absolute Gasteiger partial charge is 0.464 e. The number of nitrogen functional groups attached to an aromatic ring is 1. The maximum absolute atomic E-state index is 13.9. The fraction of sp³-hybridized carbons (Fsp3) is 0.600. The predicted molar refractivity (Wildman–Crippen MR) is 139 cm³/mol. The van der Waals surface area contributed by atoms with Gasteiger partial charge in [0.25, 0.3) is 17.7 Å². The molecule has 1 saturated carbocycles. The predicted octanol–water partition coefficient (Wildman–Crippen LogP) is 2.08. The minimum atomic E-state index is -0.994. The van der Waals surface area contributed by atoms with Crippen molar-refractivity contribution in [2.24, 2.45) is 5.73 Å². The molecule has 12 heteroatoms. The number of primary amides is 1. The number of aryl methyl sites for hydroxylation is 1. The Balaban J connectivity index is 1.63. The molecule has 1 saturated heterocycles. The normalized spacial score (nSPS) is 17.9. The summed E-state index contributed by atoms with van der Waals surface area (Å²) in [6.45, 7) is 5.81. The molecule has 1 atom stereocenters. The number of carbonyl (C=O) groups is 3. The van der Waals surface area contributed by atoms with Crippen molar-refractivity contribution in [1.29, 1.82) is 0 Å². The number of nitrogens with zero attached hydrogens (tertiary/aromatic N) is 3. The van der Waals surface area contributed by atoms with Gasteiger partial charge in [-0.05, 0) is 49.9 Å². The third-order valence-electron chi connectivity index (χ3n) is 6.94. The number of carbonyl (C=O) groups excluding carboxylic acids is 3. The van der Waals surface area contributed by atoms with Crippen LogP contribution in [0.4, 0.5) is 5.69 Å². The Morgan fingerprint density at radius 2 is 1.95 bits per heavy atom. The molecule has 5 N–H and O–H groups in total. The zero-order valence-electron chi connectivity index (χ0n) is 21.2. The van der Waals surface area contributed by atoms with Crippen LogP contribution < -0.4 is 16.8 Å². The first-order valence-electron chi connectivity index (χ1n) is 12.9. The number of nitrogens with one attached hydrogen (secondary N) is 1. The number of anilines is 1. The van der Waals surface area contributed by atoms with Crippen molar-refractivity contribution in [3.63, 3.8) is 0 Å². The van der Waals surface area contributed by atoms with Gasteiger partial charge in [-0.1, -0.05) is 19.3 Å². The van der Waals surface area contributed by atoms with Crippen molar-refractivity contribution < 1.29 is 23.5 Å². The van der Waals surface area contributed by atoms with Crippen LogP contribution in [0.3, 0.4) is 0 Å². The van der Waals surface area contributed by atoms with E-state index < -0.39 is 17.9 Å². The van der Waals surface area contributed by atoms with Gasteiger partial charge in [-0.2, -0.15) is 4.37 Å². The second kappa shape index (κ2) is 12.5. The van der Waals surface area contributed by atoms with E-state index in [0.717, 1.165) is 63.3 Å². The monoisotopic (exact) mass is 532 g/mol. The number of morpholine rings is 1. The first-order chi connectivity index (χ1) is 17.8. The molecule has 0 spiro atoms. The molecule has 37 heavy (non-hydrogen) atoms. The van der Waals surface area contributed by atoms with Crippen molar-refractivity contribution in [2.75, 3.05) is 45.1 Å². The fourth-order valence-electron chi connectivity index (χ4n) is 4.95. The molecule has 202 valence electrons. The van der Waals surface area contributed by atoms with Gasteiger partial charge in [0.05, 0.1) is 18.9 Å². The number of furan rings is 1. The fourth-order valence-corrected chi connectivity index (χ4v) is 5.71. The molecule has 2 aromatic rings. The highest BCUT2D eigenvalue weighted by molar-refractivity contribution is 7.09. The van der Waals surface area contributed by atoms with Crippen LogP contribution in [0.2, 0.25) is 0 Å². The van der Waals surface area contributed by atoms with Crippen LogP contribution in [0.25, 0.3) is 0 Å². The van der Waals surface area contributed by atoms with Gasteiger partial charge in [0.1, 0.15) is 16.4 Å². The first kappa shape index (κ1) is 27.1. The molecule has 3 heterocycles. The summed E-state index contributed by atoms with van der Waals surface area (Å²) in [6, 6.07) is 2.57. The summed E-state index contributed by atoms with van der Waals surface area (Å²) in [7, 11) is 0. The van der Waals surface area contributed by atoms with Crippen LogP contribution in [0.1, 0.15) is 76.2 Å². The topological polar surface area (TPSA) is 157 Å². The number of nitrogens with two attached hydrogens (primary N) is 2. The van der Waals surface area contributed by atoms with E-state index in [9.17, 15) is 14.4 Å². The first-order valence-corrected chi connectivity index (χ1v) is 13.6. The van der Waals surface area contributed by atoms with E-state index in [1.807, 2.05) is 0 Å². The number of hydrogen-bond donors (Lipinski definition) is 3. The summed E-state index contributed by atoms with van der Waals surface area (Å²) < 4.78 is 15.3. The SMILES string of the molecule is Cc1ccc(C(C(=O)NC2CCCCC2)N(CCCN2CCOCC2)C(=O)c2snc(C(N)=O)c2N)o1. The van der Waals surface area contributed by atoms with Crippen LogP contribution in [0.15, 0.2) is 16.5 Å². The van der Waals surface area contributed by atoms with Crippen molar-refractivity contribution in [2.45, 2.75) is 57.5 Å². The zero-order valence-corrected chi connectivity index (χ0v) is 22.1. The molecule has 1 aliphatic carbocycles. The number of aromatic nitrogens is 1. The summed E-state index contributed by atoms with van der Waals surface area (Å²) in [4.78, 5) is 43.2. The Hall–Kier alpha value is -2.96. The maximum atomic E-state index is 13.9. The molecule has 1 unspecified atom stereocenters. The summed E-state index contributed by atoms with van der Waals surface area (Å²) >= 11 is 0.811. The van der Waals surface area contributed by atoms with Gasteiger partial charge in [0.2, 0.25) is 0 Å². The summed E-state index contributed by atoms with van der Waals surface area (Å²) in [5, 5.41) is 3.15. The Morgan fingerprint density at radius 1 is 1.22 bits per heavy atom. The van der Waals surface area contributed by atoms with Gasteiger partial charge < -0.3 is 30.8 Å². The van der Waals surface area contributed by atoms with Crippen LogP contribution >= 0.6 is 11.5 Å². The lowest BCUT2D eigenvalue weighted by atomic mass is 9.95. The Morgan fingerprint density at radius 3 is 2.57 bits per heavy atom. The second-order valence-corrected chi connectivity index (χ2v) is 10.4. The Kier molecular flexibility index (Phi) is 9.17. The molecule has 1 aliphatic heterocycles. The lowest BCUT2D eigenvalue weighted by molar-refractivity contribution is -0.127. The highest BCUT2D eigenvalue weighted by Gasteiger charge is 2.37. The summed E-state index contributed by atoms with van der Waals surface area (Å²) in [5.74, 6) is -0.565. The molecule has 4 rings (SSSR count). The van der Waals surface area contributed by atoms with Crippen molar-refractivity contribution >= 4 is 34.9 Å². The average molecular weight is 533 g/mol. The van der Waals surface area contributed by atoms with E-state index in [1.165, 1.54) is 4.90 Å². The number of amides is 3. The molecule has 3 amide bonds. The molecule has 0 radical (unpaired) electrons. The smallest absolute Gasteiger partial charge is 0.270 e. The van der Waals surface area contributed by atoms with Crippen LogP contribution in [0.5, 0.6) is 0 Å². The Labute approximate surface area is 220 Å². The minimum absolute atomic E-state index is 0.0556. The van der Waals surface area contributed by atoms with E-state index in [0.29, 0.717) is 31.2 Å². The lowest BCUT2D eigenvalue weighted by Crippen LogP contribution is -2.48. The van der Waals surface area contributed by atoms with E-state index in [2.05, 4.69) is 14.6 Å². The zero-order chi connectivity index (χ0) is 26.4. The molecule has 0 aromatic carbocycles. The summed E-state index contributed by atoms with van der Waals surface area (Å²) in [6.07, 6.45) is 5.72. The number of rotatable bonds is 10. The van der Waals surface area contributed by atoms with Crippen LogP contribution in [-0.4, -0.2) is 77.3 Å². The molecule has 0 bridgehead atoms. The standard InChI is InChI=1S/C25H36N6O5S/c1-16-8-9-18(36-16)21(24(33)28-17-6-3-2-4-7-17)31(11-5-10-30-12-14-35-15-13-30)25(34)22-19(26)20(23(27)32)29-37-22/h8-9,17,21H,2-7,10-15,26H2,1H3,(H2,27,32)(H,28,33). The quantitative estimate of drug-likeness (QED) is 0.420. The molecular formula is C25H36N6O5S. The molecule has 2 aliphatic rings. The number of ether oxygens (including phenoxy) is 1. The van der Waals surface area contributed by atoms with Gasteiger partial charge >= 0.3 is 0 Å². The lowest BCUT2D eigenvalue weighted by Gasteiger charge is -2.33. The molecular weight excluding hydrogens is 496 g/mol. The van der Waals surface area contributed by atoms with Gasteiger partial charge in [-0.15, -0.1) is 0 Å². The van der Waals surface area contributed by atoms with Crippen molar-refractivity contribution in [3.05, 3.63) is 34.2 Å². The minimum Gasteiger partial charge on any atom is -0.464 e.